The number of benzene rings is 1. The number of ether oxygens (including phenoxy) is 1. The van der Waals surface area contributed by atoms with E-state index >= 15 is 0 Å². The number of alkyl halides is 3. The smallest absolute Gasteiger partial charge is 0.416 e. The SMILES string of the molecule is Cn1c(NC(=O)COC(=O)c2cccnc2Nc2cccc(C(F)(F)F)c2)cc(=O)n(C)c1=O. The number of amides is 1. The van der Waals surface area contributed by atoms with Crippen LogP contribution in [0.15, 0.2) is 58.3 Å². The summed E-state index contributed by atoms with van der Waals surface area (Å²) >= 11 is 0. The number of rotatable bonds is 6. The van der Waals surface area contributed by atoms with Crippen molar-refractivity contribution in [3.63, 3.8) is 0 Å². The summed E-state index contributed by atoms with van der Waals surface area (Å²) in [6.45, 7) is -0.764. The number of carbonyl (C=O) groups is 2. The predicted molar refractivity (Wildman–Crippen MR) is 115 cm³/mol. The summed E-state index contributed by atoms with van der Waals surface area (Å²) in [7, 11) is 2.61. The highest BCUT2D eigenvalue weighted by atomic mass is 19.4. The monoisotopic (exact) mass is 477 g/mol. The lowest BCUT2D eigenvalue weighted by molar-refractivity contribution is -0.137. The molecule has 1 amide bonds. The van der Waals surface area contributed by atoms with Crippen LogP contribution in [0.3, 0.4) is 0 Å². The number of carbonyl (C=O) groups excluding carboxylic acids is 2. The van der Waals surface area contributed by atoms with Crippen LogP contribution in [0.2, 0.25) is 0 Å². The zero-order valence-electron chi connectivity index (χ0n) is 17.8. The Kier molecular flexibility index (Phi) is 6.84. The molecular formula is C21H18F3N5O5. The maximum Gasteiger partial charge on any atom is 0.416 e. The average Bonchev–Trinajstić information content (AvgIpc) is 2.79. The van der Waals surface area contributed by atoms with Gasteiger partial charge in [0.2, 0.25) is 0 Å². The van der Waals surface area contributed by atoms with Crippen molar-refractivity contribution in [1.82, 2.24) is 14.1 Å². The number of hydrogen-bond acceptors (Lipinski definition) is 7. The summed E-state index contributed by atoms with van der Waals surface area (Å²) in [5.41, 5.74) is -2.29. The molecule has 0 aliphatic carbocycles. The van der Waals surface area contributed by atoms with E-state index in [-0.39, 0.29) is 22.9 Å². The number of hydrogen-bond donors (Lipinski definition) is 2. The van der Waals surface area contributed by atoms with E-state index in [0.717, 1.165) is 27.3 Å². The molecule has 0 fully saturated rings. The molecule has 2 aromatic heterocycles. The molecule has 34 heavy (non-hydrogen) atoms. The first-order valence-corrected chi connectivity index (χ1v) is 9.60. The third kappa shape index (κ3) is 5.49. The van der Waals surface area contributed by atoms with Gasteiger partial charge in [-0.3, -0.25) is 18.7 Å². The van der Waals surface area contributed by atoms with Crippen LogP contribution in [0.25, 0.3) is 0 Å². The van der Waals surface area contributed by atoms with E-state index in [2.05, 4.69) is 15.6 Å². The molecule has 3 aromatic rings. The maximum absolute atomic E-state index is 12.9. The van der Waals surface area contributed by atoms with E-state index in [1.165, 1.54) is 44.6 Å². The van der Waals surface area contributed by atoms with Crippen molar-refractivity contribution >= 4 is 29.2 Å². The van der Waals surface area contributed by atoms with Crippen LogP contribution >= 0.6 is 0 Å². The van der Waals surface area contributed by atoms with Crippen molar-refractivity contribution in [3.05, 3.63) is 80.6 Å². The van der Waals surface area contributed by atoms with Gasteiger partial charge in [-0.2, -0.15) is 13.2 Å². The standard InChI is InChI=1S/C21H18F3N5O5/c1-28-15(10-17(31)29(2)20(28)33)27-16(30)11-34-19(32)14-7-4-8-25-18(14)26-13-6-3-5-12(9-13)21(22,23)24/h3-10H,11H2,1-2H3,(H,25,26)(H,27,30). The molecule has 0 saturated carbocycles. The molecule has 13 heteroatoms. The Labute approximate surface area is 189 Å². The Morgan fingerprint density at radius 1 is 1.06 bits per heavy atom. The molecule has 0 saturated heterocycles. The molecular weight excluding hydrogens is 459 g/mol. The molecule has 2 N–H and O–H groups in total. The van der Waals surface area contributed by atoms with Gasteiger partial charge in [0.05, 0.1) is 5.56 Å². The first kappa shape index (κ1) is 24.2. The Bertz CT molecular complexity index is 1360. The van der Waals surface area contributed by atoms with Gasteiger partial charge in [-0.1, -0.05) is 6.07 Å². The summed E-state index contributed by atoms with van der Waals surface area (Å²) in [6.07, 6.45) is -3.24. The molecule has 178 valence electrons. The van der Waals surface area contributed by atoms with Crippen molar-refractivity contribution in [2.45, 2.75) is 6.18 Å². The second-order valence-corrected chi connectivity index (χ2v) is 7.00. The molecule has 0 atom stereocenters. The van der Waals surface area contributed by atoms with Crippen molar-refractivity contribution in [3.8, 4) is 0 Å². The largest absolute Gasteiger partial charge is 0.452 e. The molecule has 0 aliphatic rings. The van der Waals surface area contributed by atoms with Crippen LogP contribution in [0.1, 0.15) is 15.9 Å². The lowest BCUT2D eigenvalue weighted by atomic mass is 10.2. The molecule has 0 radical (unpaired) electrons. The van der Waals surface area contributed by atoms with Gasteiger partial charge in [-0.05, 0) is 30.3 Å². The Morgan fingerprint density at radius 3 is 2.50 bits per heavy atom. The highest BCUT2D eigenvalue weighted by molar-refractivity contribution is 5.98. The van der Waals surface area contributed by atoms with E-state index in [0.29, 0.717) is 0 Å². The number of halogens is 3. The molecule has 1 aromatic carbocycles. The van der Waals surface area contributed by atoms with Gasteiger partial charge < -0.3 is 15.4 Å². The minimum absolute atomic E-state index is 0.0342. The summed E-state index contributed by atoms with van der Waals surface area (Å²) in [5, 5.41) is 4.93. The summed E-state index contributed by atoms with van der Waals surface area (Å²) < 4.78 is 45.7. The number of nitrogens with zero attached hydrogens (tertiary/aromatic N) is 3. The predicted octanol–water partition coefficient (Wildman–Crippen LogP) is 2.04. The van der Waals surface area contributed by atoms with Crippen molar-refractivity contribution in [2.75, 3.05) is 17.2 Å². The van der Waals surface area contributed by atoms with Gasteiger partial charge in [-0.15, -0.1) is 0 Å². The molecule has 3 rings (SSSR count). The minimum atomic E-state index is -4.55. The number of esters is 1. The van der Waals surface area contributed by atoms with E-state index in [1.807, 2.05) is 0 Å². The van der Waals surface area contributed by atoms with Gasteiger partial charge in [0, 0.05) is 32.0 Å². The normalized spacial score (nSPS) is 11.1. The van der Waals surface area contributed by atoms with Crippen LogP contribution < -0.4 is 21.9 Å². The summed E-state index contributed by atoms with van der Waals surface area (Å²) in [6, 6.07) is 8.06. The molecule has 2 heterocycles. The number of nitrogens with one attached hydrogen (secondary N) is 2. The van der Waals surface area contributed by atoms with Crippen LogP contribution in [-0.2, 0) is 29.8 Å². The fourth-order valence-electron chi connectivity index (χ4n) is 2.82. The Hall–Kier alpha value is -4.42. The fourth-order valence-corrected chi connectivity index (χ4v) is 2.82. The van der Waals surface area contributed by atoms with Gasteiger partial charge in [-0.25, -0.2) is 14.6 Å². The highest BCUT2D eigenvalue weighted by Crippen LogP contribution is 2.31. The number of anilines is 3. The molecule has 0 spiro atoms. The quantitative estimate of drug-likeness (QED) is 0.521. The minimum Gasteiger partial charge on any atom is -0.452 e. The lowest BCUT2D eigenvalue weighted by Gasteiger charge is -2.13. The number of aromatic nitrogens is 3. The van der Waals surface area contributed by atoms with E-state index in [1.54, 1.807) is 0 Å². The van der Waals surface area contributed by atoms with Crippen molar-refractivity contribution in [2.24, 2.45) is 14.1 Å². The zero-order chi connectivity index (χ0) is 25.0. The second kappa shape index (κ2) is 9.60. The van der Waals surface area contributed by atoms with Crippen molar-refractivity contribution < 1.29 is 27.5 Å². The zero-order valence-corrected chi connectivity index (χ0v) is 17.8. The second-order valence-electron chi connectivity index (χ2n) is 7.00. The lowest BCUT2D eigenvalue weighted by Crippen LogP contribution is -2.38. The topological polar surface area (TPSA) is 124 Å². The molecule has 0 aliphatic heterocycles. The van der Waals surface area contributed by atoms with Gasteiger partial charge in [0.25, 0.3) is 11.5 Å². The van der Waals surface area contributed by atoms with Crippen LogP contribution in [-0.4, -0.2) is 32.6 Å². The third-order valence-corrected chi connectivity index (χ3v) is 4.61. The van der Waals surface area contributed by atoms with Gasteiger partial charge in [0.1, 0.15) is 17.2 Å². The first-order chi connectivity index (χ1) is 16.0. The van der Waals surface area contributed by atoms with Crippen LogP contribution in [0.5, 0.6) is 0 Å². The van der Waals surface area contributed by atoms with Gasteiger partial charge in [0.15, 0.2) is 6.61 Å². The number of pyridine rings is 1. The van der Waals surface area contributed by atoms with Crippen LogP contribution in [0, 0.1) is 0 Å². The average molecular weight is 477 g/mol. The van der Waals surface area contributed by atoms with Crippen molar-refractivity contribution in [1.29, 1.82) is 0 Å². The van der Waals surface area contributed by atoms with Crippen LogP contribution in [0.4, 0.5) is 30.5 Å². The summed E-state index contributed by atoms with van der Waals surface area (Å²) in [5.74, 6) is -1.98. The highest BCUT2D eigenvalue weighted by Gasteiger charge is 2.30. The van der Waals surface area contributed by atoms with E-state index in [4.69, 9.17) is 4.74 Å². The molecule has 10 nitrogen and oxygen atoms in total. The Morgan fingerprint density at radius 2 is 1.79 bits per heavy atom. The van der Waals surface area contributed by atoms with Gasteiger partial charge >= 0.3 is 17.8 Å². The Balaban J connectivity index is 1.71. The summed E-state index contributed by atoms with van der Waals surface area (Å²) in [4.78, 5) is 52.3. The first-order valence-electron chi connectivity index (χ1n) is 9.60. The van der Waals surface area contributed by atoms with E-state index in [9.17, 15) is 32.3 Å². The fraction of sp³-hybridized carbons (Fsp3) is 0.190. The molecule has 0 unspecified atom stereocenters. The van der Waals surface area contributed by atoms with E-state index < -0.39 is 41.5 Å². The molecule has 0 bridgehead atoms. The third-order valence-electron chi connectivity index (χ3n) is 4.61. The maximum atomic E-state index is 12.9.